The average molecular weight is 872 g/mol. The van der Waals surface area contributed by atoms with Gasteiger partial charge < -0.3 is 10.1 Å². The Morgan fingerprint density at radius 2 is 1.66 bits per heavy atom. The van der Waals surface area contributed by atoms with Crippen molar-refractivity contribution in [2.24, 2.45) is 0 Å². The smallest absolute Gasteiger partial charge is 0.347 e. The van der Waals surface area contributed by atoms with Gasteiger partial charge in [-0.05, 0) is 61.7 Å². The summed E-state index contributed by atoms with van der Waals surface area (Å²) < 4.78 is 66.3. The zero-order valence-corrected chi connectivity index (χ0v) is 35.6. The van der Waals surface area contributed by atoms with Gasteiger partial charge in [-0.1, -0.05) is 50.8 Å². The molecule has 1 atom stereocenters. The molecule has 326 valence electrons. The van der Waals surface area contributed by atoms with Crippen LogP contribution in [-0.4, -0.2) is 78.3 Å². The lowest BCUT2D eigenvalue weighted by Gasteiger charge is -2.26. The highest BCUT2D eigenvalue weighted by molar-refractivity contribution is 7.92. The summed E-state index contributed by atoms with van der Waals surface area (Å²) in [6.07, 6.45) is 11.0. The standard InChI is InChI=1S/C44H47F2N7O8S/c1-8-13-29(27-54)40(12-5)52(7)44(58)51(6)32-17-16-31(47-25-32)21-39(42(56)61-33(10-3)11-4)49-41(55)35-22-37(46)38(23-36(35)45)50-62(59,60)34-18-14-28(15-19-34)30-24-48-43(57)53(26-30)20-9-2/h8-9,12-19,22-27,33,39,50H,2,5,10-11,20-21H2,1,3-4,6-7H3,(H,49,55)/b13-8-,40-29-. The fourth-order valence-corrected chi connectivity index (χ4v) is 7.09. The van der Waals surface area contributed by atoms with E-state index >= 15 is 8.78 Å². The van der Waals surface area contributed by atoms with E-state index in [9.17, 15) is 32.4 Å². The van der Waals surface area contributed by atoms with E-state index in [1.54, 1.807) is 26.8 Å². The third kappa shape index (κ3) is 11.6. The van der Waals surface area contributed by atoms with Crippen LogP contribution in [0.2, 0.25) is 0 Å². The number of carbonyl (C=O) groups excluding carboxylic acids is 4. The number of hydrogen-bond donors (Lipinski definition) is 2. The summed E-state index contributed by atoms with van der Waals surface area (Å²) in [4.78, 5) is 74.2. The number of nitrogens with zero attached hydrogens (tertiary/aromatic N) is 5. The first-order chi connectivity index (χ1) is 29.5. The van der Waals surface area contributed by atoms with Gasteiger partial charge in [0.15, 0.2) is 6.29 Å². The van der Waals surface area contributed by atoms with Crippen molar-refractivity contribution in [3.05, 3.63) is 149 Å². The van der Waals surface area contributed by atoms with E-state index in [0.717, 1.165) is 0 Å². The number of halogens is 2. The minimum absolute atomic E-state index is 0.208. The van der Waals surface area contributed by atoms with Crippen LogP contribution in [0.5, 0.6) is 0 Å². The number of pyridine rings is 1. The van der Waals surface area contributed by atoms with Crippen LogP contribution in [0.3, 0.4) is 0 Å². The van der Waals surface area contributed by atoms with Crippen molar-refractivity contribution in [3.63, 3.8) is 0 Å². The number of esters is 1. The number of anilines is 2. The maximum absolute atomic E-state index is 15.5. The van der Waals surface area contributed by atoms with Crippen molar-refractivity contribution in [2.45, 2.75) is 63.6 Å². The molecule has 15 nitrogen and oxygen atoms in total. The summed E-state index contributed by atoms with van der Waals surface area (Å²) >= 11 is 0. The van der Waals surface area contributed by atoms with Gasteiger partial charge in [-0.25, -0.2) is 36.6 Å². The number of allylic oxidation sites excluding steroid dienone is 5. The quantitative estimate of drug-likeness (QED) is 0.0353. The van der Waals surface area contributed by atoms with E-state index in [-0.39, 0.29) is 34.8 Å². The van der Waals surface area contributed by atoms with E-state index in [1.165, 1.54) is 102 Å². The van der Waals surface area contributed by atoms with Crippen LogP contribution < -0.4 is 20.6 Å². The van der Waals surface area contributed by atoms with Crippen LogP contribution in [0, 0.1) is 11.6 Å². The Kier molecular flexibility index (Phi) is 16.5. The Balaban J connectivity index is 1.54. The van der Waals surface area contributed by atoms with Crippen molar-refractivity contribution < 1.29 is 41.1 Å². The summed E-state index contributed by atoms with van der Waals surface area (Å²) in [5.74, 6) is -4.65. The molecule has 0 radical (unpaired) electrons. The van der Waals surface area contributed by atoms with Crippen LogP contribution in [0.1, 0.15) is 49.7 Å². The zero-order chi connectivity index (χ0) is 45.7. The number of amides is 3. The van der Waals surface area contributed by atoms with Crippen molar-refractivity contribution in [2.75, 3.05) is 23.7 Å². The third-order valence-corrected chi connectivity index (χ3v) is 10.9. The van der Waals surface area contributed by atoms with Crippen molar-refractivity contribution in [3.8, 4) is 11.1 Å². The van der Waals surface area contributed by atoms with Gasteiger partial charge in [0.05, 0.1) is 33.7 Å². The molecule has 0 saturated heterocycles. The number of aromatic nitrogens is 3. The molecule has 0 aliphatic rings. The van der Waals surface area contributed by atoms with Gasteiger partial charge in [0.2, 0.25) is 0 Å². The summed E-state index contributed by atoms with van der Waals surface area (Å²) in [5.41, 5.74) is 0.0240. The molecule has 0 bridgehead atoms. The second-order valence-corrected chi connectivity index (χ2v) is 15.4. The highest BCUT2D eigenvalue weighted by Gasteiger charge is 2.29. The van der Waals surface area contributed by atoms with Crippen molar-refractivity contribution in [1.29, 1.82) is 0 Å². The number of likely N-dealkylation sites (N-methyl/N-ethyl adjacent to an activating group) is 1. The SMILES string of the molecule is C=CCn1cc(-c2ccc(S(=O)(=O)Nc3cc(F)c(C(=O)NC(Cc4ccc(N(C)C(=O)N(C)/C(C=C)=C(C=O)/C=C\C)cn4)C(=O)OC(CC)CC)cc3F)cc2)cnc1=O. The lowest BCUT2D eigenvalue weighted by molar-refractivity contribution is -0.151. The normalized spacial score (nSPS) is 12.3. The molecule has 18 heteroatoms. The summed E-state index contributed by atoms with van der Waals surface area (Å²) in [5, 5.41) is 2.40. The Bertz CT molecular complexity index is 2550. The molecule has 2 N–H and O–H groups in total. The van der Waals surface area contributed by atoms with Gasteiger partial charge in [-0.15, -0.1) is 6.58 Å². The fourth-order valence-electron chi connectivity index (χ4n) is 6.03. The Morgan fingerprint density at radius 3 is 2.24 bits per heavy atom. The second kappa shape index (κ2) is 21.4. The number of aldehydes is 1. The van der Waals surface area contributed by atoms with Gasteiger partial charge in [-0.2, -0.15) is 0 Å². The Hall–Kier alpha value is -7.08. The molecule has 2 heterocycles. The van der Waals surface area contributed by atoms with Gasteiger partial charge in [-0.3, -0.25) is 33.7 Å². The molecule has 62 heavy (non-hydrogen) atoms. The van der Waals surface area contributed by atoms with E-state index in [4.69, 9.17) is 4.74 Å². The highest BCUT2D eigenvalue weighted by Crippen LogP contribution is 2.26. The molecule has 2 aromatic carbocycles. The molecule has 0 fully saturated rings. The van der Waals surface area contributed by atoms with Crippen LogP contribution in [-0.2, 0) is 37.3 Å². The van der Waals surface area contributed by atoms with E-state index in [1.807, 2.05) is 4.72 Å². The highest BCUT2D eigenvalue weighted by atomic mass is 32.2. The van der Waals surface area contributed by atoms with Crippen LogP contribution in [0.4, 0.5) is 25.0 Å². The van der Waals surface area contributed by atoms with Crippen LogP contribution >= 0.6 is 0 Å². The van der Waals surface area contributed by atoms with Crippen LogP contribution in [0.15, 0.2) is 126 Å². The maximum atomic E-state index is 15.5. The summed E-state index contributed by atoms with van der Waals surface area (Å²) in [6.45, 7) is 12.8. The lowest BCUT2D eigenvalue weighted by atomic mass is 10.1. The predicted molar refractivity (Wildman–Crippen MR) is 231 cm³/mol. The second-order valence-electron chi connectivity index (χ2n) is 13.7. The molecule has 0 aliphatic heterocycles. The van der Waals surface area contributed by atoms with Gasteiger partial charge in [0.25, 0.3) is 15.9 Å². The lowest BCUT2D eigenvalue weighted by Crippen LogP contribution is -2.45. The van der Waals surface area contributed by atoms with Crippen molar-refractivity contribution >= 4 is 45.6 Å². The largest absolute Gasteiger partial charge is 0.461 e. The molecule has 1 unspecified atom stereocenters. The third-order valence-electron chi connectivity index (χ3n) is 9.51. The number of carbonyl (C=O) groups is 4. The fraction of sp³-hybridized carbons (Fsp3) is 0.250. The summed E-state index contributed by atoms with van der Waals surface area (Å²) in [7, 11) is -1.51. The van der Waals surface area contributed by atoms with Gasteiger partial charge in [0.1, 0.15) is 23.8 Å². The number of urea groups is 1. The minimum atomic E-state index is -4.47. The zero-order valence-electron chi connectivity index (χ0n) is 34.8. The molecule has 0 spiro atoms. The topological polar surface area (TPSA) is 190 Å². The number of sulfonamides is 1. The van der Waals surface area contributed by atoms with Crippen molar-refractivity contribution in [1.82, 2.24) is 24.8 Å². The number of nitrogens with one attached hydrogen (secondary N) is 2. The van der Waals surface area contributed by atoms with Crippen LogP contribution in [0.25, 0.3) is 11.1 Å². The minimum Gasteiger partial charge on any atom is -0.461 e. The van der Waals surface area contributed by atoms with E-state index < -0.39 is 68.7 Å². The first-order valence-electron chi connectivity index (χ1n) is 19.2. The maximum Gasteiger partial charge on any atom is 0.347 e. The van der Waals surface area contributed by atoms with E-state index in [2.05, 4.69) is 28.4 Å². The molecule has 4 aromatic rings. The molecule has 0 saturated carbocycles. The first-order valence-corrected chi connectivity index (χ1v) is 20.7. The van der Waals surface area contributed by atoms with E-state index in [0.29, 0.717) is 48.1 Å². The Labute approximate surface area is 358 Å². The average Bonchev–Trinajstić information content (AvgIpc) is 3.26. The summed E-state index contributed by atoms with van der Waals surface area (Å²) in [6, 6.07) is 7.43. The first kappa shape index (κ1) is 47.6. The Morgan fingerprint density at radius 1 is 0.968 bits per heavy atom. The molecule has 2 aromatic heterocycles. The monoisotopic (exact) mass is 871 g/mol. The molecule has 4 rings (SSSR count). The van der Waals surface area contributed by atoms with Gasteiger partial charge in [0, 0.05) is 62.4 Å². The molecule has 0 aliphatic carbocycles. The number of rotatable bonds is 19. The molecular weight excluding hydrogens is 825 g/mol. The van der Waals surface area contributed by atoms with Gasteiger partial charge >= 0.3 is 17.7 Å². The number of hydrogen-bond acceptors (Lipinski definition) is 10. The number of ether oxygens (including phenoxy) is 1. The number of benzene rings is 2. The molecule has 3 amide bonds. The predicted octanol–water partition coefficient (Wildman–Crippen LogP) is 6.35. The molecular formula is C44H47F2N7O8S.